The predicted octanol–water partition coefficient (Wildman–Crippen LogP) is 1.92. The van der Waals surface area contributed by atoms with Gasteiger partial charge in [-0.05, 0) is 19.3 Å². The number of carbonyl (C=O) groups excluding carboxylic acids is 2. The Bertz CT molecular complexity index is 627. The molecule has 2 heterocycles. The number of nitrogens with one attached hydrogen (secondary N) is 1. The molecule has 1 aliphatic heterocycles. The van der Waals surface area contributed by atoms with Gasteiger partial charge in [0.15, 0.2) is 0 Å². The number of hydrogen-bond donors (Lipinski definition) is 1. The van der Waals surface area contributed by atoms with Crippen LogP contribution in [0.15, 0.2) is 0 Å². The molecule has 2 amide bonds. The Hall–Kier alpha value is -1.54. The van der Waals surface area contributed by atoms with Gasteiger partial charge in [-0.15, -0.1) is 10.2 Å². The largest absolute Gasteiger partial charge is 0.382 e. The summed E-state index contributed by atoms with van der Waals surface area (Å²) in [6.45, 7) is 3.00. The molecule has 1 N–H and O–H groups in total. The summed E-state index contributed by atoms with van der Waals surface area (Å²) in [5.41, 5.74) is -0.265. The standard InChI is InChI=1S/C17H26N4O3S/c1-3-6-13-19-20-16(25-13)21-10-12(9-14(21)22)15(23)18-17(11-24-2)7-4-5-8-17/h12H,3-11H2,1-2H3,(H,18,23). The molecule has 25 heavy (non-hydrogen) atoms. The summed E-state index contributed by atoms with van der Waals surface area (Å²) in [5, 5.41) is 13.0. The number of carbonyl (C=O) groups is 2. The van der Waals surface area contributed by atoms with Crippen LogP contribution in [0.2, 0.25) is 0 Å². The van der Waals surface area contributed by atoms with E-state index >= 15 is 0 Å². The summed E-state index contributed by atoms with van der Waals surface area (Å²) in [6.07, 6.45) is 6.17. The van der Waals surface area contributed by atoms with Crippen molar-refractivity contribution in [2.24, 2.45) is 5.92 Å². The summed E-state index contributed by atoms with van der Waals surface area (Å²) in [6, 6.07) is 0. The number of nitrogens with zero attached hydrogens (tertiary/aromatic N) is 3. The van der Waals surface area contributed by atoms with Crippen LogP contribution in [0.3, 0.4) is 0 Å². The van der Waals surface area contributed by atoms with E-state index in [0.717, 1.165) is 43.5 Å². The highest BCUT2D eigenvalue weighted by atomic mass is 32.1. The molecule has 7 nitrogen and oxygen atoms in total. The van der Waals surface area contributed by atoms with E-state index in [0.29, 0.717) is 18.3 Å². The average molecular weight is 366 g/mol. The quantitative estimate of drug-likeness (QED) is 0.797. The molecule has 2 aliphatic rings. The number of aromatic nitrogens is 2. The molecular formula is C17H26N4O3S. The maximum Gasteiger partial charge on any atom is 0.229 e. The summed E-state index contributed by atoms with van der Waals surface area (Å²) < 4.78 is 5.32. The second kappa shape index (κ2) is 7.78. The van der Waals surface area contributed by atoms with E-state index in [-0.39, 0.29) is 29.7 Å². The van der Waals surface area contributed by atoms with Gasteiger partial charge < -0.3 is 10.1 Å². The molecule has 1 aromatic rings. The topological polar surface area (TPSA) is 84.4 Å². The van der Waals surface area contributed by atoms with Crippen LogP contribution in [-0.4, -0.2) is 47.8 Å². The maximum absolute atomic E-state index is 12.7. The Labute approximate surface area is 152 Å². The lowest BCUT2D eigenvalue weighted by Gasteiger charge is -2.30. The van der Waals surface area contributed by atoms with Crippen molar-refractivity contribution in [2.45, 2.75) is 57.4 Å². The van der Waals surface area contributed by atoms with Gasteiger partial charge in [-0.1, -0.05) is 31.1 Å². The highest BCUT2D eigenvalue weighted by Gasteiger charge is 2.41. The molecule has 138 valence electrons. The minimum absolute atomic E-state index is 0.0481. The van der Waals surface area contributed by atoms with Crippen molar-refractivity contribution in [1.82, 2.24) is 15.5 Å². The minimum Gasteiger partial charge on any atom is -0.382 e. The smallest absolute Gasteiger partial charge is 0.229 e. The molecule has 1 saturated heterocycles. The number of hydrogen-bond acceptors (Lipinski definition) is 6. The monoisotopic (exact) mass is 366 g/mol. The van der Waals surface area contributed by atoms with E-state index in [1.807, 2.05) is 0 Å². The normalized spacial score (nSPS) is 22.6. The van der Waals surface area contributed by atoms with Crippen LogP contribution in [0.4, 0.5) is 5.13 Å². The van der Waals surface area contributed by atoms with Crippen LogP contribution < -0.4 is 10.2 Å². The number of amides is 2. The van der Waals surface area contributed by atoms with Gasteiger partial charge in [0.2, 0.25) is 16.9 Å². The molecule has 8 heteroatoms. The summed E-state index contributed by atoms with van der Waals surface area (Å²) in [7, 11) is 1.66. The Morgan fingerprint density at radius 2 is 2.16 bits per heavy atom. The van der Waals surface area contributed by atoms with Crippen molar-refractivity contribution in [3.8, 4) is 0 Å². The molecule has 1 atom stereocenters. The van der Waals surface area contributed by atoms with E-state index in [4.69, 9.17) is 4.74 Å². The van der Waals surface area contributed by atoms with Crippen LogP contribution >= 0.6 is 11.3 Å². The summed E-state index contributed by atoms with van der Waals surface area (Å²) in [4.78, 5) is 26.7. The first-order chi connectivity index (χ1) is 12.1. The van der Waals surface area contributed by atoms with Gasteiger partial charge in [0.1, 0.15) is 5.01 Å². The number of rotatable bonds is 7. The molecule has 0 spiro atoms. The van der Waals surface area contributed by atoms with Crippen LogP contribution in [0.5, 0.6) is 0 Å². The lowest BCUT2D eigenvalue weighted by molar-refractivity contribution is -0.128. The van der Waals surface area contributed by atoms with Gasteiger partial charge in [-0.25, -0.2) is 0 Å². The van der Waals surface area contributed by atoms with E-state index in [1.54, 1.807) is 12.0 Å². The van der Waals surface area contributed by atoms with Crippen molar-refractivity contribution < 1.29 is 14.3 Å². The van der Waals surface area contributed by atoms with E-state index in [9.17, 15) is 9.59 Å². The van der Waals surface area contributed by atoms with Gasteiger partial charge in [-0.3, -0.25) is 14.5 Å². The van der Waals surface area contributed by atoms with Crippen LogP contribution in [-0.2, 0) is 20.7 Å². The molecular weight excluding hydrogens is 340 g/mol. The zero-order chi connectivity index (χ0) is 17.9. The van der Waals surface area contributed by atoms with Gasteiger partial charge in [0.05, 0.1) is 18.1 Å². The predicted molar refractivity (Wildman–Crippen MR) is 95.6 cm³/mol. The van der Waals surface area contributed by atoms with Crippen LogP contribution in [0.1, 0.15) is 50.5 Å². The average Bonchev–Trinajstić information content (AvgIpc) is 3.29. The highest BCUT2D eigenvalue weighted by molar-refractivity contribution is 7.15. The molecule has 0 radical (unpaired) electrons. The third kappa shape index (κ3) is 4.00. The van der Waals surface area contributed by atoms with Crippen LogP contribution in [0.25, 0.3) is 0 Å². The first kappa shape index (κ1) is 18.3. The number of anilines is 1. The SMILES string of the molecule is CCCc1nnc(N2CC(C(=O)NC3(COC)CCCC3)CC2=O)s1. The Morgan fingerprint density at radius 1 is 1.40 bits per heavy atom. The molecule has 1 saturated carbocycles. The van der Waals surface area contributed by atoms with Crippen molar-refractivity contribution in [2.75, 3.05) is 25.2 Å². The number of aryl methyl sites for hydroxylation is 1. The zero-order valence-electron chi connectivity index (χ0n) is 14.9. The number of ether oxygens (including phenoxy) is 1. The number of methoxy groups -OCH3 is 1. The Balaban J connectivity index is 1.64. The molecule has 1 aromatic heterocycles. The molecule has 2 fully saturated rings. The lowest BCUT2D eigenvalue weighted by atomic mass is 9.96. The van der Waals surface area contributed by atoms with Gasteiger partial charge >= 0.3 is 0 Å². The van der Waals surface area contributed by atoms with Crippen molar-refractivity contribution >= 4 is 28.3 Å². The zero-order valence-corrected chi connectivity index (χ0v) is 15.7. The fourth-order valence-electron chi connectivity index (χ4n) is 3.73. The maximum atomic E-state index is 12.7. The van der Waals surface area contributed by atoms with E-state index in [2.05, 4.69) is 22.4 Å². The third-order valence-electron chi connectivity index (χ3n) is 5.02. The highest BCUT2D eigenvalue weighted by Crippen LogP contribution is 2.32. The fraction of sp³-hybridized carbons (Fsp3) is 0.765. The molecule has 1 aliphatic carbocycles. The van der Waals surface area contributed by atoms with Gasteiger partial charge in [-0.2, -0.15) is 0 Å². The third-order valence-corrected chi connectivity index (χ3v) is 6.02. The fourth-order valence-corrected chi connectivity index (χ4v) is 4.70. The second-order valence-electron chi connectivity index (χ2n) is 7.04. The van der Waals surface area contributed by atoms with E-state index in [1.165, 1.54) is 11.3 Å². The Morgan fingerprint density at radius 3 is 2.84 bits per heavy atom. The van der Waals surface area contributed by atoms with Crippen LogP contribution in [0, 0.1) is 5.92 Å². The summed E-state index contributed by atoms with van der Waals surface area (Å²) >= 11 is 1.44. The lowest BCUT2D eigenvalue weighted by Crippen LogP contribution is -2.51. The van der Waals surface area contributed by atoms with Crippen molar-refractivity contribution in [3.63, 3.8) is 0 Å². The molecule has 3 rings (SSSR count). The first-order valence-electron chi connectivity index (χ1n) is 9.00. The molecule has 0 bridgehead atoms. The molecule has 1 unspecified atom stereocenters. The minimum atomic E-state index is -0.333. The van der Waals surface area contributed by atoms with E-state index < -0.39 is 0 Å². The second-order valence-corrected chi connectivity index (χ2v) is 8.08. The van der Waals surface area contributed by atoms with Gasteiger partial charge in [0.25, 0.3) is 0 Å². The summed E-state index contributed by atoms with van der Waals surface area (Å²) in [5.74, 6) is -0.431. The Kier molecular flexibility index (Phi) is 5.68. The molecule has 0 aromatic carbocycles. The van der Waals surface area contributed by atoms with Gasteiger partial charge in [0, 0.05) is 26.5 Å². The van der Waals surface area contributed by atoms with Crippen molar-refractivity contribution in [3.05, 3.63) is 5.01 Å². The van der Waals surface area contributed by atoms with Crippen molar-refractivity contribution in [1.29, 1.82) is 0 Å². The first-order valence-corrected chi connectivity index (χ1v) is 9.82.